The van der Waals surface area contributed by atoms with Crippen LogP contribution >= 0.6 is 35.7 Å². The number of guanidine groups is 1. The molecule has 0 radical (unpaired) electrons. The first kappa shape index (κ1) is 18.4. The molecule has 2 fully saturated rings. The molecule has 0 aromatic rings. The Bertz CT molecular complexity index is 300. The molecule has 1 saturated carbocycles. The first-order valence-corrected chi connectivity index (χ1v) is 8.79. The lowest BCUT2D eigenvalue weighted by molar-refractivity contribution is 0.112. The van der Waals surface area contributed by atoms with Crippen LogP contribution in [0.1, 0.15) is 39.0 Å². The van der Waals surface area contributed by atoms with Gasteiger partial charge in [0.05, 0.1) is 6.54 Å². The summed E-state index contributed by atoms with van der Waals surface area (Å²) in [6, 6.07) is 0. The predicted molar refractivity (Wildman–Crippen MR) is 100 cm³/mol. The van der Waals surface area contributed by atoms with E-state index in [0.717, 1.165) is 19.5 Å². The Morgan fingerprint density at radius 1 is 1.30 bits per heavy atom. The first-order chi connectivity index (χ1) is 9.27. The predicted octanol–water partition coefficient (Wildman–Crippen LogP) is 2.28. The molecule has 0 amide bonds. The summed E-state index contributed by atoms with van der Waals surface area (Å²) in [5.41, 5.74) is 6.25. The fourth-order valence-electron chi connectivity index (χ4n) is 3.19. The first-order valence-electron chi connectivity index (χ1n) is 7.63. The molecule has 0 spiro atoms. The molecule has 0 bridgehead atoms. The molecule has 20 heavy (non-hydrogen) atoms. The third kappa shape index (κ3) is 4.94. The zero-order valence-electron chi connectivity index (χ0n) is 12.6. The molecule has 0 unspecified atom stereocenters. The molecule has 1 saturated heterocycles. The highest BCUT2D eigenvalue weighted by atomic mass is 127. The number of nitrogens with zero attached hydrogens (tertiary/aromatic N) is 2. The van der Waals surface area contributed by atoms with E-state index in [1.54, 1.807) is 0 Å². The second kappa shape index (κ2) is 9.35. The molecule has 1 aliphatic heterocycles. The second-order valence-corrected chi connectivity index (χ2v) is 6.88. The van der Waals surface area contributed by atoms with E-state index in [-0.39, 0.29) is 24.0 Å². The molecular weight excluding hydrogens is 383 g/mol. The summed E-state index contributed by atoms with van der Waals surface area (Å²) < 4.78 is 0. The minimum atomic E-state index is 0. The maximum Gasteiger partial charge on any atom is 0.188 e. The van der Waals surface area contributed by atoms with Gasteiger partial charge in [0, 0.05) is 36.7 Å². The summed E-state index contributed by atoms with van der Waals surface area (Å²) >= 11 is 2.08. The highest BCUT2D eigenvalue weighted by Gasteiger charge is 2.39. The zero-order valence-corrected chi connectivity index (χ0v) is 15.7. The van der Waals surface area contributed by atoms with Crippen LogP contribution in [0.15, 0.2) is 4.99 Å². The molecule has 0 aromatic heterocycles. The topological polar surface area (TPSA) is 53.6 Å². The van der Waals surface area contributed by atoms with Crippen LogP contribution in [-0.2, 0) is 0 Å². The number of hydrogen-bond donors (Lipinski definition) is 2. The molecule has 2 aliphatic rings. The van der Waals surface area contributed by atoms with Gasteiger partial charge < -0.3 is 11.1 Å². The van der Waals surface area contributed by atoms with E-state index >= 15 is 0 Å². The largest absolute Gasteiger partial charge is 0.370 e. The molecule has 1 heterocycles. The van der Waals surface area contributed by atoms with Crippen LogP contribution in [0.2, 0.25) is 0 Å². The van der Waals surface area contributed by atoms with Gasteiger partial charge in [-0.05, 0) is 19.3 Å². The quantitative estimate of drug-likeness (QED) is 0.413. The van der Waals surface area contributed by atoms with Crippen molar-refractivity contribution in [1.29, 1.82) is 0 Å². The number of nitrogens with one attached hydrogen (secondary N) is 1. The van der Waals surface area contributed by atoms with Gasteiger partial charge in [0.15, 0.2) is 5.96 Å². The van der Waals surface area contributed by atoms with Crippen LogP contribution in [0.3, 0.4) is 0 Å². The van der Waals surface area contributed by atoms with E-state index in [1.807, 2.05) is 0 Å². The van der Waals surface area contributed by atoms with Gasteiger partial charge in [-0.2, -0.15) is 11.8 Å². The maximum atomic E-state index is 5.94. The fourth-order valence-corrected chi connectivity index (χ4v) is 4.09. The Balaban J connectivity index is 0.00000200. The number of aliphatic imine (C=N–C) groups is 1. The molecule has 3 N–H and O–H groups in total. The van der Waals surface area contributed by atoms with E-state index in [0.29, 0.717) is 11.5 Å². The van der Waals surface area contributed by atoms with E-state index in [9.17, 15) is 0 Å². The Kier molecular flexibility index (Phi) is 8.59. The van der Waals surface area contributed by atoms with E-state index in [1.165, 1.54) is 50.3 Å². The molecule has 2 rings (SSSR count). The Morgan fingerprint density at radius 2 is 1.95 bits per heavy atom. The molecule has 118 valence electrons. The average molecular weight is 412 g/mol. The summed E-state index contributed by atoms with van der Waals surface area (Å²) in [5.74, 6) is 3.17. The SMILES string of the molecule is CCCNC(N)=NCC1(N2CCSCC2)CCCC1.I. The van der Waals surface area contributed by atoms with E-state index < -0.39 is 0 Å². The number of thioether (sulfide) groups is 1. The normalized spacial score (nSPS) is 23.4. The second-order valence-electron chi connectivity index (χ2n) is 5.66. The lowest BCUT2D eigenvalue weighted by Gasteiger charge is -2.42. The van der Waals surface area contributed by atoms with Crippen molar-refractivity contribution in [3.63, 3.8) is 0 Å². The third-order valence-corrected chi connectivity index (χ3v) is 5.26. The van der Waals surface area contributed by atoms with Gasteiger partial charge in [0.1, 0.15) is 0 Å². The van der Waals surface area contributed by atoms with Crippen LogP contribution < -0.4 is 11.1 Å². The Hall–Kier alpha value is 0.310. The molecule has 4 nitrogen and oxygen atoms in total. The van der Waals surface area contributed by atoms with Crippen molar-refractivity contribution in [3.8, 4) is 0 Å². The molecular formula is C14H29IN4S. The number of hydrogen-bond acceptors (Lipinski definition) is 3. The highest BCUT2D eigenvalue weighted by Crippen LogP contribution is 2.36. The van der Waals surface area contributed by atoms with Gasteiger partial charge >= 0.3 is 0 Å². The minimum absolute atomic E-state index is 0. The van der Waals surface area contributed by atoms with Crippen molar-refractivity contribution >= 4 is 41.7 Å². The number of rotatable bonds is 5. The van der Waals surface area contributed by atoms with Crippen LogP contribution in [0, 0.1) is 0 Å². The van der Waals surface area contributed by atoms with Gasteiger partial charge in [0.2, 0.25) is 0 Å². The smallest absolute Gasteiger partial charge is 0.188 e. The summed E-state index contributed by atoms with van der Waals surface area (Å²) in [6.07, 6.45) is 6.37. The standard InChI is InChI=1S/C14H28N4S.HI/c1-2-7-16-13(15)17-12-14(5-3-4-6-14)18-8-10-19-11-9-18;/h2-12H2,1H3,(H3,15,16,17);1H. The maximum absolute atomic E-state index is 5.94. The molecule has 6 heteroatoms. The van der Waals surface area contributed by atoms with Crippen molar-refractivity contribution in [1.82, 2.24) is 10.2 Å². The van der Waals surface area contributed by atoms with Gasteiger partial charge in [-0.25, -0.2) is 0 Å². The van der Waals surface area contributed by atoms with Crippen molar-refractivity contribution < 1.29 is 0 Å². The Morgan fingerprint density at radius 3 is 2.55 bits per heavy atom. The monoisotopic (exact) mass is 412 g/mol. The lowest BCUT2D eigenvalue weighted by atomic mass is 9.95. The molecule has 0 aromatic carbocycles. The third-order valence-electron chi connectivity index (χ3n) is 4.32. The van der Waals surface area contributed by atoms with Crippen molar-refractivity contribution in [2.75, 3.05) is 37.7 Å². The fraction of sp³-hybridized carbons (Fsp3) is 0.929. The summed E-state index contributed by atoms with van der Waals surface area (Å²) in [4.78, 5) is 7.31. The van der Waals surface area contributed by atoms with Crippen molar-refractivity contribution in [2.45, 2.75) is 44.6 Å². The van der Waals surface area contributed by atoms with Crippen molar-refractivity contribution in [3.05, 3.63) is 0 Å². The number of halogens is 1. The van der Waals surface area contributed by atoms with Crippen LogP contribution in [0.4, 0.5) is 0 Å². The van der Waals surface area contributed by atoms with Crippen LogP contribution in [-0.4, -0.2) is 54.1 Å². The van der Waals surface area contributed by atoms with Gasteiger partial charge in [-0.15, -0.1) is 24.0 Å². The van der Waals surface area contributed by atoms with Crippen molar-refractivity contribution in [2.24, 2.45) is 10.7 Å². The minimum Gasteiger partial charge on any atom is -0.370 e. The summed E-state index contributed by atoms with van der Waals surface area (Å²) in [5, 5.41) is 3.18. The van der Waals surface area contributed by atoms with Crippen LogP contribution in [0.25, 0.3) is 0 Å². The molecule has 1 aliphatic carbocycles. The van der Waals surface area contributed by atoms with Gasteiger partial charge in [-0.1, -0.05) is 19.8 Å². The molecule has 0 atom stereocenters. The summed E-state index contributed by atoms with van der Waals surface area (Å²) in [6.45, 7) is 6.39. The highest BCUT2D eigenvalue weighted by molar-refractivity contribution is 14.0. The van der Waals surface area contributed by atoms with Gasteiger partial charge in [0.25, 0.3) is 0 Å². The Labute approximate surface area is 144 Å². The zero-order chi connectivity index (χ0) is 13.6. The van der Waals surface area contributed by atoms with E-state index in [4.69, 9.17) is 5.73 Å². The van der Waals surface area contributed by atoms with Gasteiger partial charge in [-0.3, -0.25) is 9.89 Å². The van der Waals surface area contributed by atoms with E-state index in [2.05, 4.69) is 33.9 Å². The van der Waals surface area contributed by atoms with Crippen LogP contribution in [0.5, 0.6) is 0 Å². The average Bonchev–Trinajstić information content (AvgIpc) is 2.94. The lowest BCUT2D eigenvalue weighted by Crippen LogP contribution is -2.53. The summed E-state index contributed by atoms with van der Waals surface area (Å²) in [7, 11) is 0. The number of nitrogens with two attached hydrogens (primary N) is 1.